The highest BCUT2D eigenvalue weighted by Crippen LogP contribution is 2.26. The number of hydrogen-bond donors (Lipinski definition) is 2. The van der Waals surface area contributed by atoms with Crippen molar-refractivity contribution in [3.63, 3.8) is 0 Å². The molecule has 3 heterocycles. The first-order valence-electron chi connectivity index (χ1n) is 5.72. The zero-order chi connectivity index (χ0) is 12.7. The lowest BCUT2D eigenvalue weighted by molar-refractivity contribution is -0.134. The van der Waals surface area contributed by atoms with Crippen LogP contribution < -0.4 is 11.1 Å². The molecule has 0 bridgehead atoms. The van der Waals surface area contributed by atoms with Gasteiger partial charge in [0.05, 0.1) is 11.4 Å². The molecule has 3 rings (SSSR count). The molecule has 0 aliphatic carbocycles. The number of fused-ring (bicyclic) bond motifs is 1. The van der Waals surface area contributed by atoms with Gasteiger partial charge < -0.3 is 10.1 Å². The van der Waals surface area contributed by atoms with E-state index < -0.39 is 0 Å². The Balaban J connectivity index is 2.09. The minimum absolute atomic E-state index is 0.214. The van der Waals surface area contributed by atoms with Crippen molar-refractivity contribution in [1.29, 1.82) is 0 Å². The Labute approximate surface area is 103 Å². The molecule has 1 aliphatic heterocycles. The summed E-state index contributed by atoms with van der Waals surface area (Å²) in [4.78, 5) is 27.0. The van der Waals surface area contributed by atoms with Gasteiger partial charge in [0, 0.05) is 12.1 Å². The number of pyridine rings is 1. The van der Waals surface area contributed by atoms with Crippen molar-refractivity contribution in [3.8, 4) is 0 Å². The first-order valence-corrected chi connectivity index (χ1v) is 5.72. The second-order valence-electron chi connectivity index (χ2n) is 4.34. The number of aromatic nitrogens is 2. The van der Waals surface area contributed by atoms with Crippen LogP contribution >= 0.6 is 0 Å². The van der Waals surface area contributed by atoms with Crippen LogP contribution in [0.3, 0.4) is 0 Å². The summed E-state index contributed by atoms with van der Waals surface area (Å²) in [6, 6.07) is 5.54. The second kappa shape index (κ2) is 3.83. The lowest BCUT2D eigenvalue weighted by Crippen LogP contribution is -2.40. The minimum atomic E-state index is -0.333. The number of nitrogens with two attached hydrogens (primary N) is 1. The average molecular weight is 244 g/mol. The van der Waals surface area contributed by atoms with Crippen LogP contribution in [0, 0.1) is 0 Å². The van der Waals surface area contributed by atoms with E-state index in [2.05, 4.69) is 10.3 Å². The second-order valence-corrected chi connectivity index (χ2v) is 4.34. The topological polar surface area (TPSA) is 89.5 Å². The van der Waals surface area contributed by atoms with Gasteiger partial charge in [-0.05, 0) is 18.6 Å². The van der Waals surface area contributed by atoms with E-state index in [1.807, 2.05) is 18.2 Å². The monoisotopic (exact) mass is 244 g/mol. The summed E-state index contributed by atoms with van der Waals surface area (Å²) in [6.07, 6.45) is 2.47. The number of piperidine rings is 1. The molecular formula is C12H12N4O2. The SMILES string of the molecule is Nc1ncn2c(C3CCC(=O)NC3=O)cccc12. The summed E-state index contributed by atoms with van der Waals surface area (Å²) in [6.45, 7) is 0. The summed E-state index contributed by atoms with van der Waals surface area (Å²) in [5, 5.41) is 2.36. The Morgan fingerprint density at radius 1 is 1.39 bits per heavy atom. The minimum Gasteiger partial charge on any atom is -0.382 e. The van der Waals surface area contributed by atoms with Gasteiger partial charge >= 0.3 is 0 Å². The molecule has 1 fully saturated rings. The van der Waals surface area contributed by atoms with Gasteiger partial charge in [0.25, 0.3) is 0 Å². The number of rotatable bonds is 1. The van der Waals surface area contributed by atoms with Gasteiger partial charge in [-0.3, -0.25) is 14.9 Å². The van der Waals surface area contributed by atoms with E-state index in [0.29, 0.717) is 18.7 Å². The number of nitrogens with zero attached hydrogens (tertiary/aromatic N) is 2. The largest absolute Gasteiger partial charge is 0.382 e. The maximum absolute atomic E-state index is 11.9. The predicted octanol–water partition coefficient (Wildman–Crippen LogP) is 0.437. The van der Waals surface area contributed by atoms with Gasteiger partial charge in [0.1, 0.15) is 12.1 Å². The van der Waals surface area contributed by atoms with E-state index in [0.717, 1.165) is 11.2 Å². The number of hydrogen-bond acceptors (Lipinski definition) is 4. The number of amides is 2. The van der Waals surface area contributed by atoms with Gasteiger partial charge in [-0.25, -0.2) is 4.98 Å². The molecule has 2 aromatic rings. The van der Waals surface area contributed by atoms with Crippen LogP contribution in [0.25, 0.3) is 5.52 Å². The number of imidazole rings is 1. The summed E-state index contributed by atoms with van der Waals surface area (Å²) < 4.78 is 1.80. The summed E-state index contributed by atoms with van der Waals surface area (Å²) in [5.41, 5.74) is 7.33. The molecule has 2 aromatic heterocycles. The standard InChI is InChI=1S/C12H12N4O2/c13-11-9-3-1-2-8(16(9)6-14-11)7-4-5-10(17)15-12(7)18/h1-3,6-7H,4-5,13H2,(H,15,17,18). The van der Waals surface area contributed by atoms with Crippen LogP contribution in [0.2, 0.25) is 0 Å². The van der Waals surface area contributed by atoms with E-state index in [4.69, 9.17) is 5.73 Å². The fourth-order valence-corrected chi connectivity index (χ4v) is 2.32. The van der Waals surface area contributed by atoms with E-state index in [1.165, 1.54) is 0 Å². The molecule has 0 radical (unpaired) electrons. The van der Waals surface area contributed by atoms with Crippen molar-refractivity contribution in [3.05, 3.63) is 30.2 Å². The summed E-state index contributed by atoms with van der Waals surface area (Å²) in [5.74, 6) is -0.372. The molecule has 0 saturated carbocycles. The molecule has 1 aliphatic rings. The Kier molecular flexibility index (Phi) is 2.29. The maximum Gasteiger partial charge on any atom is 0.235 e. The molecule has 6 heteroatoms. The highest BCUT2D eigenvalue weighted by atomic mass is 16.2. The van der Waals surface area contributed by atoms with Crippen molar-refractivity contribution < 1.29 is 9.59 Å². The number of nitrogen functional groups attached to an aromatic ring is 1. The molecule has 6 nitrogen and oxygen atoms in total. The van der Waals surface area contributed by atoms with Crippen molar-refractivity contribution >= 4 is 23.1 Å². The highest BCUT2D eigenvalue weighted by Gasteiger charge is 2.29. The Morgan fingerprint density at radius 2 is 2.22 bits per heavy atom. The van der Waals surface area contributed by atoms with Crippen LogP contribution in [0.4, 0.5) is 5.82 Å². The number of anilines is 1. The average Bonchev–Trinajstić information content (AvgIpc) is 2.72. The Hall–Kier alpha value is -2.37. The normalized spacial score (nSPS) is 20.1. The molecule has 0 spiro atoms. The first kappa shape index (κ1) is 10.8. The van der Waals surface area contributed by atoms with E-state index >= 15 is 0 Å². The van der Waals surface area contributed by atoms with Crippen LogP contribution in [-0.2, 0) is 9.59 Å². The van der Waals surface area contributed by atoms with Crippen molar-refractivity contribution in [2.45, 2.75) is 18.8 Å². The fraction of sp³-hybridized carbons (Fsp3) is 0.250. The molecule has 1 saturated heterocycles. The predicted molar refractivity (Wildman–Crippen MR) is 64.7 cm³/mol. The number of nitrogens with one attached hydrogen (secondary N) is 1. The van der Waals surface area contributed by atoms with E-state index in [1.54, 1.807) is 10.7 Å². The molecule has 1 unspecified atom stereocenters. The number of imide groups is 1. The lowest BCUT2D eigenvalue weighted by Gasteiger charge is -2.21. The molecule has 92 valence electrons. The maximum atomic E-state index is 11.9. The molecule has 3 N–H and O–H groups in total. The third kappa shape index (κ3) is 1.54. The fourth-order valence-electron chi connectivity index (χ4n) is 2.32. The van der Waals surface area contributed by atoms with Gasteiger partial charge in [0.2, 0.25) is 11.8 Å². The zero-order valence-corrected chi connectivity index (χ0v) is 9.59. The third-order valence-electron chi connectivity index (χ3n) is 3.23. The molecule has 1 atom stereocenters. The van der Waals surface area contributed by atoms with Gasteiger partial charge in [-0.2, -0.15) is 0 Å². The van der Waals surface area contributed by atoms with Crippen LogP contribution in [0.5, 0.6) is 0 Å². The number of carbonyl (C=O) groups excluding carboxylic acids is 2. The van der Waals surface area contributed by atoms with Crippen molar-refractivity contribution in [1.82, 2.24) is 14.7 Å². The van der Waals surface area contributed by atoms with Gasteiger partial charge in [-0.15, -0.1) is 0 Å². The van der Waals surface area contributed by atoms with Crippen LogP contribution in [0.1, 0.15) is 24.5 Å². The third-order valence-corrected chi connectivity index (χ3v) is 3.23. The summed E-state index contributed by atoms with van der Waals surface area (Å²) in [7, 11) is 0. The van der Waals surface area contributed by atoms with Gasteiger partial charge in [-0.1, -0.05) is 6.07 Å². The highest BCUT2D eigenvalue weighted by molar-refractivity contribution is 6.00. The van der Waals surface area contributed by atoms with Crippen molar-refractivity contribution in [2.75, 3.05) is 5.73 Å². The van der Waals surface area contributed by atoms with Crippen LogP contribution in [-0.4, -0.2) is 21.2 Å². The molecule has 18 heavy (non-hydrogen) atoms. The lowest BCUT2D eigenvalue weighted by atomic mass is 9.94. The van der Waals surface area contributed by atoms with Crippen LogP contribution in [0.15, 0.2) is 24.5 Å². The Morgan fingerprint density at radius 3 is 3.00 bits per heavy atom. The zero-order valence-electron chi connectivity index (χ0n) is 9.59. The number of carbonyl (C=O) groups is 2. The quantitative estimate of drug-likeness (QED) is 0.712. The first-order chi connectivity index (χ1) is 8.66. The van der Waals surface area contributed by atoms with Gasteiger partial charge in [0.15, 0.2) is 0 Å². The summed E-state index contributed by atoms with van der Waals surface area (Å²) >= 11 is 0. The molecule has 0 aromatic carbocycles. The van der Waals surface area contributed by atoms with E-state index in [-0.39, 0.29) is 17.7 Å². The Bertz CT molecular complexity index is 647. The van der Waals surface area contributed by atoms with Crippen molar-refractivity contribution in [2.24, 2.45) is 0 Å². The smallest absolute Gasteiger partial charge is 0.235 e. The molecular weight excluding hydrogens is 232 g/mol. The molecule has 2 amide bonds. The van der Waals surface area contributed by atoms with E-state index in [9.17, 15) is 9.59 Å².